The third-order valence-corrected chi connectivity index (χ3v) is 4.60. The lowest BCUT2D eigenvalue weighted by molar-refractivity contribution is 0.171. The molecule has 7 heteroatoms. The van der Waals surface area contributed by atoms with E-state index >= 15 is 0 Å². The first kappa shape index (κ1) is 28.8. The Hall–Kier alpha value is -3.22. The summed E-state index contributed by atoms with van der Waals surface area (Å²) in [4.78, 5) is 8.68. The van der Waals surface area contributed by atoms with Gasteiger partial charge in [-0.3, -0.25) is 4.99 Å². The molecule has 0 saturated carbocycles. The molecule has 1 aliphatic rings. The lowest BCUT2D eigenvalue weighted by Gasteiger charge is -2.19. The molecule has 188 valence electrons. The van der Waals surface area contributed by atoms with Crippen molar-refractivity contribution in [1.82, 2.24) is 5.32 Å². The predicted octanol–water partition coefficient (Wildman–Crippen LogP) is 5.88. The average molecular weight is 471 g/mol. The van der Waals surface area contributed by atoms with E-state index in [9.17, 15) is 0 Å². The van der Waals surface area contributed by atoms with Gasteiger partial charge in [-0.1, -0.05) is 26.5 Å². The van der Waals surface area contributed by atoms with Gasteiger partial charge >= 0.3 is 0 Å². The van der Waals surface area contributed by atoms with Crippen molar-refractivity contribution in [2.24, 2.45) is 15.7 Å². The van der Waals surface area contributed by atoms with Crippen molar-refractivity contribution in [3.05, 3.63) is 59.8 Å². The maximum absolute atomic E-state index is 6.00. The van der Waals surface area contributed by atoms with Crippen LogP contribution in [-0.2, 0) is 11.3 Å². The van der Waals surface area contributed by atoms with Crippen LogP contribution in [0.5, 0.6) is 11.5 Å². The molecule has 0 aromatic heterocycles. The van der Waals surface area contributed by atoms with Gasteiger partial charge in [0.15, 0.2) is 17.4 Å². The summed E-state index contributed by atoms with van der Waals surface area (Å²) in [5, 5.41) is 3.20. The van der Waals surface area contributed by atoms with E-state index in [0.29, 0.717) is 43.8 Å². The van der Waals surface area contributed by atoms with Crippen molar-refractivity contribution >= 4 is 12.1 Å². The van der Waals surface area contributed by atoms with Crippen molar-refractivity contribution in [3.8, 4) is 11.5 Å². The topological polar surface area (TPSA) is 90.5 Å². The Morgan fingerprint density at radius 3 is 2.47 bits per heavy atom. The molecule has 3 N–H and O–H groups in total. The second-order valence-electron chi connectivity index (χ2n) is 7.85. The van der Waals surface area contributed by atoms with Gasteiger partial charge in [-0.25, -0.2) is 4.99 Å². The third kappa shape index (κ3) is 11.1. The second kappa shape index (κ2) is 16.4. The number of nitrogens with zero attached hydrogens (tertiary/aromatic N) is 2. The van der Waals surface area contributed by atoms with Crippen LogP contribution in [0.1, 0.15) is 65.9 Å². The summed E-state index contributed by atoms with van der Waals surface area (Å²) < 4.78 is 16.8. The summed E-state index contributed by atoms with van der Waals surface area (Å²) in [5.41, 5.74) is 9.49. The first-order valence-electron chi connectivity index (χ1n) is 12.0. The molecule has 0 spiro atoms. The van der Waals surface area contributed by atoms with E-state index in [-0.39, 0.29) is 0 Å². The van der Waals surface area contributed by atoms with Crippen LogP contribution in [0.3, 0.4) is 0 Å². The number of allylic oxidation sites excluding steroid dienone is 2. The highest BCUT2D eigenvalue weighted by atomic mass is 16.6. The molecule has 0 aliphatic carbocycles. The van der Waals surface area contributed by atoms with E-state index in [1.54, 1.807) is 0 Å². The minimum atomic E-state index is 0.407. The highest BCUT2D eigenvalue weighted by molar-refractivity contribution is 5.98. The van der Waals surface area contributed by atoms with E-state index in [0.717, 1.165) is 54.0 Å². The number of aliphatic imine (C=N–C) groups is 2. The number of amidine groups is 1. The zero-order valence-electron chi connectivity index (χ0n) is 21.6. The normalized spacial score (nSPS) is 12.4. The Balaban J connectivity index is 0.00000281. The van der Waals surface area contributed by atoms with Crippen molar-refractivity contribution in [3.63, 3.8) is 0 Å². The molecule has 1 aromatic rings. The lowest BCUT2D eigenvalue weighted by atomic mass is 10.2. The fourth-order valence-corrected chi connectivity index (χ4v) is 3.03. The van der Waals surface area contributed by atoms with E-state index in [4.69, 9.17) is 19.9 Å². The van der Waals surface area contributed by atoms with Gasteiger partial charge in [-0.15, -0.1) is 0 Å². The van der Waals surface area contributed by atoms with Gasteiger partial charge in [-0.2, -0.15) is 0 Å². The zero-order valence-corrected chi connectivity index (χ0v) is 21.6. The molecule has 0 bridgehead atoms. The number of benzene rings is 1. The van der Waals surface area contributed by atoms with Crippen LogP contribution in [-0.4, -0.2) is 31.9 Å². The standard InChI is InChI=1S/C25H36N4O3.C2H6/c1-18(2)24(25(26)29-19(3)4)27-12-8-6-7-9-13-30-20(5)28-17-21-10-11-22-23(16-21)32-15-14-31-22;1-2/h10-12,16,28H,3,5-9,13-15,17H2,1-2,4H3,(H2,26,29);1-2H3. The number of nitrogens with one attached hydrogen (secondary N) is 1. The summed E-state index contributed by atoms with van der Waals surface area (Å²) in [6, 6.07) is 5.92. The van der Waals surface area contributed by atoms with Crippen LogP contribution in [0.4, 0.5) is 0 Å². The summed E-state index contributed by atoms with van der Waals surface area (Å²) in [5.74, 6) is 2.56. The number of hydrogen-bond donors (Lipinski definition) is 2. The molecular formula is C27H42N4O3. The molecule has 1 aliphatic heterocycles. The molecule has 0 saturated heterocycles. The molecule has 2 rings (SSSR count). The third-order valence-electron chi connectivity index (χ3n) is 4.60. The summed E-state index contributed by atoms with van der Waals surface area (Å²) >= 11 is 0. The van der Waals surface area contributed by atoms with Gasteiger partial charge in [0.2, 0.25) is 0 Å². The Labute approximate surface area is 205 Å². The first-order chi connectivity index (χ1) is 16.4. The summed E-state index contributed by atoms with van der Waals surface area (Å²) in [6.45, 7) is 19.9. The van der Waals surface area contributed by atoms with Gasteiger partial charge < -0.3 is 25.3 Å². The largest absolute Gasteiger partial charge is 0.486 e. The van der Waals surface area contributed by atoms with Crippen LogP contribution in [0.2, 0.25) is 0 Å². The van der Waals surface area contributed by atoms with E-state index in [1.807, 2.05) is 59.0 Å². The second-order valence-corrected chi connectivity index (χ2v) is 7.85. The molecule has 0 fully saturated rings. The molecular weight excluding hydrogens is 428 g/mol. The Kier molecular flexibility index (Phi) is 13.9. The quantitative estimate of drug-likeness (QED) is 0.163. The Morgan fingerprint density at radius 1 is 1.09 bits per heavy atom. The van der Waals surface area contributed by atoms with Crippen molar-refractivity contribution in [1.29, 1.82) is 0 Å². The number of nitrogens with two attached hydrogens (primary N) is 1. The fraction of sp³-hybridized carbons (Fsp3) is 0.481. The van der Waals surface area contributed by atoms with E-state index in [2.05, 4.69) is 28.5 Å². The highest BCUT2D eigenvalue weighted by Gasteiger charge is 2.11. The van der Waals surface area contributed by atoms with Crippen molar-refractivity contribution in [2.45, 2.75) is 66.8 Å². The molecule has 0 unspecified atom stereocenters. The van der Waals surface area contributed by atoms with Crippen LogP contribution in [0.15, 0.2) is 64.2 Å². The monoisotopic (exact) mass is 470 g/mol. The van der Waals surface area contributed by atoms with Gasteiger partial charge in [-0.05, 0) is 76.3 Å². The lowest BCUT2D eigenvalue weighted by Crippen LogP contribution is -2.17. The van der Waals surface area contributed by atoms with E-state index < -0.39 is 0 Å². The number of hydrogen-bond acceptors (Lipinski definition) is 6. The van der Waals surface area contributed by atoms with E-state index in [1.165, 1.54) is 0 Å². The zero-order chi connectivity index (χ0) is 25.3. The Bertz CT molecular complexity index is 884. The minimum Gasteiger partial charge on any atom is -0.486 e. The van der Waals surface area contributed by atoms with Gasteiger partial charge in [0.1, 0.15) is 24.7 Å². The molecule has 0 amide bonds. The van der Waals surface area contributed by atoms with Crippen LogP contribution >= 0.6 is 0 Å². The van der Waals surface area contributed by atoms with Gasteiger partial charge in [0.25, 0.3) is 0 Å². The number of rotatable bonds is 13. The molecule has 1 heterocycles. The number of fused-ring (bicyclic) bond motifs is 1. The fourth-order valence-electron chi connectivity index (χ4n) is 3.03. The van der Waals surface area contributed by atoms with Crippen LogP contribution in [0.25, 0.3) is 0 Å². The maximum Gasteiger partial charge on any atom is 0.179 e. The highest BCUT2D eigenvalue weighted by Crippen LogP contribution is 2.30. The van der Waals surface area contributed by atoms with Crippen LogP contribution < -0.4 is 20.5 Å². The van der Waals surface area contributed by atoms with Gasteiger partial charge in [0, 0.05) is 18.5 Å². The smallest absolute Gasteiger partial charge is 0.179 e. The molecule has 7 nitrogen and oxygen atoms in total. The number of ether oxygens (including phenoxy) is 3. The Morgan fingerprint density at radius 2 is 1.79 bits per heavy atom. The summed E-state index contributed by atoms with van der Waals surface area (Å²) in [7, 11) is 0. The average Bonchev–Trinajstić information content (AvgIpc) is 2.82. The minimum absolute atomic E-state index is 0.407. The maximum atomic E-state index is 6.00. The molecule has 0 radical (unpaired) electrons. The number of unbranched alkanes of at least 4 members (excludes halogenated alkanes) is 3. The molecule has 1 aromatic carbocycles. The SMILES string of the molecule is C=C(C)N=C(N)C(N=CCCCCCOC(=C)NCc1ccc2c(c1)OCCO2)=C(C)C.CC. The van der Waals surface area contributed by atoms with Crippen LogP contribution in [0, 0.1) is 0 Å². The molecule has 0 atom stereocenters. The molecule has 34 heavy (non-hydrogen) atoms. The van der Waals surface area contributed by atoms with Crippen molar-refractivity contribution in [2.75, 3.05) is 19.8 Å². The van der Waals surface area contributed by atoms with Gasteiger partial charge in [0.05, 0.1) is 6.61 Å². The predicted molar refractivity (Wildman–Crippen MR) is 142 cm³/mol. The first-order valence-corrected chi connectivity index (χ1v) is 12.0. The summed E-state index contributed by atoms with van der Waals surface area (Å²) in [6.07, 6.45) is 5.80. The van der Waals surface area contributed by atoms with Crippen molar-refractivity contribution < 1.29 is 14.2 Å².